The highest BCUT2D eigenvalue weighted by atomic mass is 17.3. The molecular weight excluding hydrogens is 322 g/mol. The van der Waals surface area contributed by atoms with Crippen molar-refractivity contribution in [2.24, 2.45) is 23.7 Å². The van der Waals surface area contributed by atoms with Gasteiger partial charge in [0.2, 0.25) is 5.79 Å². The van der Waals surface area contributed by atoms with Crippen LogP contribution in [0.4, 0.5) is 0 Å². The second kappa shape index (κ2) is 5.91. The van der Waals surface area contributed by atoms with E-state index in [2.05, 4.69) is 13.8 Å². The molecule has 8 atom stereocenters. The summed E-state index contributed by atoms with van der Waals surface area (Å²) in [5, 5.41) is 0. The van der Waals surface area contributed by atoms with Crippen LogP contribution in [0, 0.1) is 23.7 Å². The molecule has 5 fully saturated rings. The highest BCUT2D eigenvalue weighted by molar-refractivity contribution is 5.81. The molecule has 25 heavy (non-hydrogen) atoms. The lowest BCUT2D eigenvalue weighted by atomic mass is 9.57. The van der Waals surface area contributed by atoms with E-state index in [0.29, 0.717) is 18.4 Å². The Balaban J connectivity index is 1.73. The number of amides is 1. The lowest BCUT2D eigenvalue weighted by Gasteiger charge is -2.60. The summed E-state index contributed by atoms with van der Waals surface area (Å²) in [7, 11) is 1.83. The smallest absolute Gasteiger partial charge is 0.251 e. The second-order valence-electron chi connectivity index (χ2n) is 8.68. The lowest BCUT2D eigenvalue weighted by Crippen LogP contribution is -2.71. The maximum absolute atomic E-state index is 12.9. The Morgan fingerprint density at radius 3 is 2.64 bits per heavy atom. The average Bonchev–Trinajstić information content (AvgIpc) is 2.83. The number of nitrogens with zero attached hydrogens (tertiary/aromatic N) is 1. The molecule has 0 N–H and O–H groups in total. The number of fused-ring (bicyclic) bond motifs is 2. The predicted octanol–water partition coefficient (Wildman–Crippen LogP) is 2.72. The lowest BCUT2D eigenvalue weighted by molar-refractivity contribution is -0.569. The van der Waals surface area contributed by atoms with Crippen molar-refractivity contribution in [1.82, 2.24) is 4.90 Å². The minimum Gasteiger partial charge on any atom is -0.344 e. The molecule has 1 amide bonds. The van der Waals surface area contributed by atoms with Gasteiger partial charge < -0.3 is 14.4 Å². The summed E-state index contributed by atoms with van der Waals surface area (Å²) in [6, 6.07) is 0. The fourth-order valence-electron chi connectivity index (χ4n) is 5.56. The Labute approximate surface area is 150 Å². The van der Waals surface area contributed by atoms with Gasteiger partial charge in [-0.3, -0.25) is 4.79 Å². The third-order valence-electron chi connectivity index (χ3n) is 7.25. The predicted molar refractivity (Wildman–Crippen MR) is 90.1 cm³/mol. The summed E-state index contributed by atoms with van der Waals surface area (Å²) in [6.45, 7) is 8.98. The third-order valence-corrected chi connectivity index (χ3v) is 7.25. The summed E-state index contributed by atoms with van der Waals surface area (Å²) < 4.78 is 12.6. The molecule has 1 saturated carbocycles. The minimum atomic E-state index is -0.789. The zero-order valence-corrected chi connectivity index (χ0v) is 16.0. The standard InChI is InChI=1S/C19H31NO5/c1-6-20(5)16(21)15-12(3)14-8-7-11(2)13-9-10-18(4)23-17(22-15)19(13,14)25-24-18/h11-15,17H,6-10H2,1-5H3/t11-,12-,13+,14+,15-,17-,18-,19-/m1/s1. The van der Waals surface area contributed by atoms with Crippen molar-refractivity contribution >= 4 is 5.91 Å². The fourth-order valence-corrected chi connectivity index (χ4v) is 5.56. The largest absolute Gasteiger partial charge is 0.344 e. The topological polar surface area (TPSA) is 57.2 Å². The molecule has 5 aliphatic rings. The zero-order chi connectivity index (χ0) is 18.0. The Bertz CT molecular complexity index is 556. The molecule has 6 nitrogen and oxygen atoms in total. The van der Waals surface area contributed by atoms with Crippen molar-refractivity contribution in [3.8, 4) is 0 Å². The van der Waals surface area contributed by atoms with E-state index < -0.39 is 23.8 Å². The molecule has 4 aliphatic heterocycles. The first-order valence-corrected chi connectivity index (χ1v) is 9.77. The number of carbonyl (C=O) groups is 1. The number of rotatable bonds is 2. The van der Waals surface area contributed by atoms with Crippen molar-refractivity contribution in [2.75, 3.05) is 13.6 Å². The van der Waals surface area contributed by atoms with Crippen LogP contribution >= 0.6 is 0 Å². The Morgan fingerprint density at radius 2 is 1.92 bits per heavy atom. The highest BCUT2D eigenvalue weighted by Crippen LogP contribution is 2.60. The molecule has 0 radical (unpaired) electrons. The monoisotopic (exact) mass is 353 g/mol. The first-order valence-electron chi connectivity index (χ1n) is 9.77. The van der Waals surface area contributed by atoms with E-state index in [9.17, 15) is 4.79 Å². The molecule has 0 aromatic heterocycles. The van der Waals surface area contributed by atoms with Crippen LogP contribution < -0.4 is 0 Å². The number of hydrogen-bond donors (Lipinski definition) is 0. The Kier molecular flexibility index (Phi) is 4.19. The van der Waals surface area contributed by atoms with E-state index in [1.54, 1.807) is 4.90 Å². The van der Waals surface area contributed by atoms with Gasteiger partial charge in [0.15, 0.2) is 11.9 Å². The van der Waals surface area contributed by atoms with Gasteiger partial charge in [0, 0.05) is 25.9 Å². The van der Waals surface area contributed by atoms with E-state index in [0.717, 1.165) is 25.7 Å². The highest BCUT2D eigenvalue weighted by Gasteiger charge is 2.69. The average molecular weight is 353 g/mol. The summed E-state index contributed by atoms with van der Waals surface area (Å²) >= 11 is 0. The minimum absolute atomic E-state index is 0.0369. The van der Waals surface area contributed by atoms with Crippen LogP contribution in [-0.4, -0.2) is 48.2 Å². The van der Waals surface area contributed by atoms with Gasteiger partial charge in [0.1, 0.15) is 6.10 Å². The van der Waals surface area contributed by atoms with Gasteiger partial charge in [-0.05, 0) is 50.9 Å². The van der Waals surface area contributed by atoms with Crippen molar-refractivity contribution < 1.29 is 24.0 Å². The normalized spacial score (nSPS) is 51.6. The molecule has 6 heteroatoms. The molecule has 2 bridgehead atoms. The SMILES string of the molecule is CCN(C)C(=O)[C@@H]1O[C@@H]2O[C@@]3(C)CC[C@H]4[C@H](C)CC[C@@H]([C@H]1C)[C@@]24OO3. The molecule has 1 spiro atoms. The van der Waals surface area contributed by atoms with E-state index in [4.69, 9.17) is 19.2 Å². The molecular formula is C19H31NO5. The second-order valence-corrected chi connectivity index (χ2v) is 8.68. The molecule has 142 valence electrons. The molecule has 5 rings (SSSR count). The Morgan fingerprint density at radius 1 is 1.16 bits per heavy atom. The van der Waals surface area contributed by atoms with E-state index in [1.165, 1.54) is 0 Å². The van der Waals surface area contributed by atoms with Gasteiger partial charge in [-0.1, -0.05) is 13.8 Å². The van der Waals surface area contributed by atoms with Crippen LogP contribution in [0.25, 0.3) is 0 Å². The zero-order valence-electron chi connectivity index (χ0n) is 16.0. The Hall–Kier alpha value is -0.690. The molecule has 0 aromatic carbocycles. The van der Waals surface area contributed by atoms with Crippen molar-refractivity contribution in [1.29, 1.82) is 0 Å². The first kappa shape index (κ1) is 17.7. The molecule has 4 saturated heterocycles. The number of ether oxygens (including phenoxy) is 2. The van der Waals surface area contributed by atoms with Crippen LogP contribution in [0.2, 0.25) is 0 Å². The van der Waals surface area contributed by atoms with Gasteiger partial charge in [-0.2, -0.15) is 0 Å². The fraction of sp³-hybridized carbons (Fsp3) is 0.947. The van der Waals surface area contributed by atoms with Gasteiger partial charge in [0.05, 0.1) is 0 Å². The molecule has 0 aromatic rings. The van der Waals surface area contributed by atoms with E-state index in [-0.39, 0.29) is 17.7 Å². The summed E-state index contributed by atoms with van der Waals surface area (Å²) in [5.74, 6) is 0.393. The van der Waals surface area contributed by atoms with Crippen molar-refractivity contribution in [2.45, 2.75) is 77.2 Å². The molecule has 0 unspecified atom stereocenters. The van der Waals surface area contributed by atoms with Crippen LogP contribution in [0.15, 0.2) is 0 Å². The maximum atomic E-state index is 12.9. The summed E-state index contributed by atoms with van der Waals surface area (Å²) in [6.07, 6.45) is 2.94. The van der Waals surface area contributed by atoms with Crippen LogP contribution in [-0.2, 0) is 24.0 Å². The van der Waals surface area contributed by atoms with Gasteiger partial charge in [0.25, 0.3) is 5.91 Å². The van der Waals surface area contributed by atoms with Crippen LogP contribution in [0.3, 0.4) is 0 Å². The third kappa shape index (κ3) is 2.41. The van der Waals surface area contributed by atoms with Gasteiger partial charge >= 0.3 is 0 Å². The van der Waals surface area contributed by atoms with Crippen molar-refractivity contribution in [3.05, 3.63) is 0 Å². The van der Waals surface area contributed by atoms with E-state index in [1.807, 2.05) is 20.9 Å². The van der Waals surface area contributed by atoms with E-state index >= 15 is 0 Å². The molecule has 1 aliphatic carbocycles. The summed E-state index contributed by atoms with van der Waals surface area (Å²) in [5.41, 5.74) is -0.589. The maximum Gasteiger partial charge on any atom is 0.251 e. The quantitative estimate of drug-likeness (QED) is 0.715. The number of likely N-dealkylation sites (N-methyl/N-ethyl adjacent to an activating group) is 1. The summed E-state index contributed by atoms with van der Waals surface area (Å²) in [4.78, 5) is 26.5. The number of carbonyl (C=O) groups excluding carboxylic acids is 1. The first-order chi connectivity index (χ1) is 11.8. The van der Waals surface area contributed by atoms with Crippen LogP contribution in [0.1, 0.15) is 53.4 Å². The van der Waals surface area contributed by atoms with Gasteiger partial charge in [-0.25, -0.2) is 9.78 Å². The van der Waals surface area contributed by atoms with Gasteiger partial charge in [-0.15, -0.1) is 0 Å². The molecule has 4 heterocycles. The van der Waals surface area contributed by atoms with Crippen molar-refractivity contribution in [3.63, 3.8) is 0 Å². The van der Waals surface area contributed by atoms with Crippen LogP contribution in [0.5, 0.6) is 0 Å². The number of hydrogen-bond acceptors (Lipinski definition) is 5.